The molecule has 1 rings (SSSR count). The van der Waals surface area contributed by atoms with Crippen molar-refractivity contribution in [3.05, 3.63) is 0 Å². The van der Waals surface area contributed by atoms with Gasteiger partial charge in [0.15, 0.2) is 5.75 Å². The maximum absolute atomic E-state index is 12.2. The number of hydrogen-bond acceptors (Lipinski definition) is 5. The molecule has 1 N–H and O–H groups in total. The highest BCUT2D eigenvalue weighted by Crippen LogP contribution is 2.17. The van der Waals surface area contributed by atoms with Crippen LogP contribution >= 0.6 is 0 Å². The van der Waals surface area contributed by atoms with Crippen LogP contribution in [0.4, 0.5) is 0 Å². The Hall–Kier alpha value is -0.660. The number of esters is 1. The molecule has 1 fully saturated rings. The van der Waals surface area contributed by atoms with Gasteiger partial charge in [0.25, 0.3) is 0 Å². The van der Waals surface area contributed by atoms with E-state index in [2.05, 4.69) is 10.1 Å². The second-order valence-electron chi connectivity index (χ2n) is 5.21. The van der Waals surface area contributed by atoms with Gasteiger partial charge in [-0.1, -0.05) is 0 Å². The van der Waals surface area contributed by atoms with E-state index in [4.69, 9.17) is 0 Å². The number of carbonyl (C=O) groups is 1. The minimum Gasteiger partial charge on any atom is -0.468 e. The molecule has 7 heteroatoms. The van der Waals surface area contributed by atoms with Crippen LogP contribution in [0.5, 0.6) is 0 Å². The van der Waals surface area contributed by atoms with Crippen molar-refractivity contribution in [2.24, 2.45) is 5.92 Å². The average molecular weight is 292 g/mol. The van der Waals surface area contributed by atoms with Crippen LogP contribution < -0.4 is 5.32 Å². The van der Waals surface area contributed by atoms with E-state index in [-0.39, 0.29) is 6.04 Å². The van der Waals surface area contributed by atoms with Gasteiger partial charge in [0.05, 0.1) is 7.11 Å². The number of sulfonamides is 1. The molecule has 1 aliphatic rings. The number of nitrogens with zero attached hydrogens (tertiary/aromatic N) is 1. The van der Waals surface area contributed by atoms with Gasteiger partial charge in [-0.15, -0.1) is 0 Å². The molecule has 19 heavy (non-hydrogen) atoms. The van der Waals surface area contributed by atoms with E-state index >= 15 is 0 Å². The number of rotatable bonds is 6. The van der Waals surface area contributed by atoms with Crippen molar-refractivity contribution in [3.8, 4) is 0 Å². The van der Waals surface area contributed by atoms with Gasteiger partial charge in [-0.05, 0) is 45.7 Å². The zero-order chi connectivity index (χ0) is 14.5. The molecule has 1 unspecified atom stereocenters. The molecule has 1 atom stereocenters. The van der Waals surface area contributed by atoms with Crippen molar-refractivity contribution in [1.29, 1.82) is 0 Å². The highest BCUT2D eigenvalue weighted by molar-refractivity contribution is 7.89. The number of piperidine rings is 1. The van der Waals surface area contributed by atoms with E-state index in [1.165, 1.54) is 11.4 Å². The first-order chi connectivity index (χ1) is 8.86. The van der Waals surface area contributed by atoms with Crippen molar-refractivity contribution in [1.82, 2.24) is 9.62 Å². The first-order valence-electron chi connectivity index (χ1n) is 6.64. The Morgan fingerprint density at radius 1 is 1.47 bits per heavy atom. The predicted molar refractivity (Wildman–Crippen MR) is 73.2 cm³/mol. The van der Waals surface area contributed by atoms with Gasteiger partial charge in [-0.2, -0.15) is 4.31 Å². The molecule has 0 radical (unpaired) electrons. The summed E-state index contributed by atoms with van der Waals surface area (Å²) in [7, 11) is -2.40. The quantitative estimate of drug-likeness (QED) is 0.708. The van der Waals surface area contributed by atoms with E-state index in [9.17, 15) is 13.2 Å². The van der Waals surface area contributed by atoms with Crippen LogP contribution in [-0.2, 0) is 19.6 Å². The molecule has 0 aliphatic carbocycles. The van der Waals surface area contributed by atoms with Gasteiger partial charge in [-0.3, -0.25) is 4.79 Å². The van der Waals surface area contributed by atoms with Crippen LogP contribution in [0.25, 0.3) is 0 Å². The number of nitrogens with one attached hydrogen (secondary N) is 1. The summed E-state index contributed by atoms with van der Waals surface area (Å²) in [5.74, 6) is -0.988. The molecule has 0 amide bonds. The molecule has 0 saturated carbocycles. The summed E-state index contributed by atoms with van der Waals surface area (Å²) in [5.41, 5.74) is 0. The molecule has 0 aromatic heterocycles. The lowest BCUT2D eigenvalue weighted by Gasteiger charge is -2.31. The summed E-state index contributed by atoms with van der Waals surface area (Å²) in [5, 5.41) is 3.27. The Kier molecular flexibility index (Phi) is 6.22. The lowest BCUT2D eigenvalue weighted by Crippen LogP contribution is -2.46. The van der Waals surface area contributed by atoms with Crippen molar-refractivity contribution >= 4 is 16.0 Å². The molecule has 0 spiro atoms. The average Bonchev–Trinajstić information content (AvgIpc) is 2.36. The first-order valence-corrected chi connectivity index (χ1v) is 8.24. The van der Waals surface area contributed by atoms with Crippen LogP contribution in [0.15, 0.2) is 0 Å². The van der Waals surface area contributed by atoms with Crippen LogP contribution in [0, 0.1) is 5.92 Å². The number of ether oxygens (including phenoxy) is 1. The van der Waals surface area contributed by atoms with Crippen molar-refractivity contribution in [2.75, 3.05) is 32.5 Å². The van der Waals surface area contributed by atoms with Crippen LogP contribution in [0.1, 0.15) is 26.7 Å². The molecule has 6 nitrogen and oxygen atoms in total. The molecule has 0 aromatic carbocycles. The minimum absolute atomic E-state index is 0.156. The largest absolute Gasteiger partial charge is 0.468 e. The summed E-state index contributed by atoms with van der Waals surface area (Å²) in [6.45, 7) is 5.93. The Morgan fingerprint density at radius 2 is 2.16 bits per heavy atom. The number of carbonyl (C=O) groups excluding carboxylic acids is 1. The van der Waals surface area contributed by atoms with Crippen molar-refractivity contribution < 1.29 is 17.9 Å². The highest BCUT2D eigenvalue weighted by atomic mass is 32.2. The third-order valence-corrected chi connectivity index (χ3v) is 5.18. The molecule has 0 aromatic rings. The van der Waals surface area contributed by atoms with Crippen molar-refractivity contribution in [3.63, 3.8) is 0 Å². The lowest BCUT2D eigenvalue weighted by atomic mass is 9.99. The SMILES string of the molecule is COC(=O)CS(=O)(=O)N(CC1CCCNC1)C(C)C. The van der Waals surface area contributed by atoms with Crippen LogP contribution in [0.3, 0.4) is 0 Å². The van der Waals surface area contributed by atoms with Crippen LogP contribution in [-0.4, -0.2) is 57.2 Å². The monoisotopic (exact) mass is 292 g/mol. The molecular weight excluding hydrogens is 268 g/mol. The summed E-state index contributed by atoms with van der Waals surface area (Å²) in [6, 6.07) is -0.156. The van der Waals surface area contributed by atoms with Gasteiger partial charge in [0.2, 0.25) is 10.0 Å². The lowest BCUT2D eigenvalue weighted by molar-refractivity contribution is -0.137. The molecule has 1 saturated heterocycles. The zero-order valence-electron chi connectivity index (χ0n) is 11.9. The summed E-state index contributed by atoms with van der Waals surface area (Å²) < 4.78 is 30.3. The number of methoxy groups -OCH3 is 1. The zero-order valence-corrected chi connectivity index (χ0v) is 12.7. The van der Waals surface area contributed by atoms with Gasteiger partial charge in [0, 0.05) is 12.6 Å². The molecule has 1 heterocycles. The normalized spacial score (nSPS) is 20.8. The van der Waals surface area contributed by atoms with E-state index < -0.39 is 21.7 Å². The molecule has 1 aliphatic heterocycles. The standard InChI is InChI=1S/C12H24N2O4S/c1-10(2)14(8-11-5-4-6-13-7-11)19(16,17)9-12(15)18-3/h10-11,13H,4-9H2,1-3H3. The summed E-state index contributed by atoms with van der Waals surface area (Å²) in [6.07, 6.45) is 2.08. The molecule has 0 bridgehead atoms. The van der Waals surface area contributed by atoms with E-state index in [0.717, 1.165) is 25.9 Å². The molecular formula is C12H24N2O4S. The maximum atomic E-state index is 12.2. The Bertz CT molecular complexity index is 389. The fourth-order valence-corrected chi connectivity index (χ4v) is 3.93. The fraction of sp³-hybridized carbons (Fsp3) is 0.917. The van der Waals surface area contributed by atoms with Crippen molar-refractivity contribution in [2.45, 2.75) is 32.7 Å². The van der Waals surface area contributed by atoms with Gasteiger partial charge < -0.3 is 10.1 Å². The second kappa shape index (κ2) is 7.21. The minimum atomic E-state index is -3.60. The smallest absolute Gasteiger partial charge is 0.322 e. The Balaban J connectivity index is 2.72. The van der Waals surface area contributed by atoms with E-state index in [0.29, 0.717) is 12.5 Å². The first kappa shape index (κ1) is 16.4. The molecule has 112 valence electrons. The maximum Gasteiger partial charge on any atom is 0.322 e. The Morgan fingerprint density at radius 3 is 2.63 bits per heavy atom. The van der Waals surface area contributed by atoms with Gasteiger partial charge in [0.1, 0.15) is 0 Å². The van der Waals surface area contributed by atoms with Gasteiger partial charge >= 0.3 is 5.97 Å². The highest BCUT2D eigenvalue weighted by Gasteiger charge is 2.30. The van der Waals surface area contributed by atoms with Crippen LogP contribution in [0.2, 0.25) is 0 Å². The summed E-state index contributed by atoms with van der Waals surface area (Å²) >= 11 is 0. The second-order valence-corrected chi connectivity index (χ2v) is 7.13. The third kappa shape index (κ3) is 5.08. The van der Waals surface area contributed by atoms with E-state index in [1.807, 2.05) is 13.8 Å². The fourth-order valence-electron chi connectivity index (χ4n) is 2.27. The number of hydrogen-bond donors (Lipinski definition) is 1. The van der Waals surface area contributed by atoms with E-state index in [1.54, 1.807) is 0 Å². The topological polar surface area (TPSA) is 75.7 Å². The third-order valence-electron chi connectivity index (χ3n) is 3.30. The predicted octanol–water partition coefficient (Wildman–Crippen LogP) is 0.199. The Labute approximate surface area is 115 Å². The summed E-state index contributed by atoms with van der Waals surface area (Å²) in [4.78, 5) is 11.2. The van der Waals surface area contributed by atoms with Gasteiger partial charge in [-0.25, -0.2) is 8.42 Å².